The highest BCUT2D eigenvalue weighted by Gasteiger charge is 2.41. The lowest BCUT2D eigenvalue weighted by atomic mass is 9.74. The van der Waals surface area contributed by atoms with Crippen LogP contribution in [0.3, 0.4) is 0 Å². The first-order chi connectivity index (χ1) is 10.6. The molecule has 0 unspecified atom stereocenters. The van der Waals surface area contributed by atoms with Crippen LogP contribution < -0.4 is 0 Å². The van der Waals surface area contributed by atoms with Crippen molar-refractivity contribution in [3.63, 3.8) is 0 Å². The molecule has 0 bridgehead atoms. The predicted octanol–water partition coefficient (Wildman–Crippen LogP) is 4.06. The first kappa shape index (κ1) is 16.4. The molecule has 126 valence electrons. The van der Waals surface area contributed by atoms with Crippen molar-refractivity contribution in [2.24, 2.45) is 10.4 Å². The Bertz CT molecular complexity index is 381. The van der Waals surface area contributed by atoms with Crippen molar-refractivity contribution in [1.82, 2.24) is 4.90 Å². The quantitative estimate of drug-likeness (QED) is 0.732. The summed E-state index contributed by atoms with van der Waals surface area (Å²) < 4.78 is 6.00. The standard InChI is InChI=1S/C19H34N2O/c1-18(2)14-19(10-13-22-18,16-21-11-6-7-12-21)15-20-17-8-4-3-5-9-17/h15,17H,3-14,16H2,1-2H3/t19-/m0/s1. The third kappa shape index (κ3) is 4.32. The van der Waals surface area contributed by atoms with E-state index in [9.17, 15) is 0 Å². The molecule has 2 aliphatic heterocycles. The van der Waals surface area contributed by atoms with Crippen LogP contribution in [-0.2, 0) is 4.74 Å². The summed E-state index contributed by atoms with van der Waals surface area (Å²) in [6.07, 6.45) is 14.1. The van der Waals surface area contributed by atoms with Crippen molar-refractivity contribution in [3.8, 4) is 0 Å². The van der Waals surface area contributed by atoms with Crippen molar-refractivity contribution in [2.45, 2.75) is 83.3 Å². The van der Waals surface area contributed by atoms with Crippen molar-refractivity contribution in [2.75, 3.05) is 26.2 Å². The van der Waals surface area contributed by atoms with Crippen molar-refractivity contribution >= 4 is 6.21 Å². The Kier molecular flexibility index (Phi) is 5.24. The van der Waals surface area contributed by atoms with Gasteiger partial charge in [-0.15, -0.1) is 0 Å². The highest BCUT2D eigenvalue weighted by Crippen LogP contribution is 2.39. The van der Waals surface area contributed by atoms with Crippen LogP contribution in [0.1, 0.15) is 71.6 Å². The third-order valence-corrected chi connectivity index (χ3v) is 5.74. The monoisotopic (exact) mass is 306 g/mol. The maximum atomic E-state index is 6.00. The number of aliphatic imine (C=N–C) groups is 1. The van der Waals surface area contributed by atoms with Crippen LogP contribution in [0.5, 0.6) is 0 Å². The summed E-state index contributed by atoms with van der Waals surface area (Å²) in [6.45, 7) is 9.13. The largest absolute Gasteiger partial charge is 0.376 e. The summed E-state index contributed by atoms with van der Waals surface area (Å²) in [5.41, 5.74) is 0.236. The summed E-state index contributed by atoms with van der Waals surface area (Å²) >= 11 is 0. The molecule has 0 radical (unpaired) electrons. The molecule has 1 atom stereocenters. The first-order valence-corrected chi connectivity index (χ1v) is 9.48. The van der Waals surface area contributed by atoms with Gasteiger partial charge in [0.1, 0.15) is 0 Å². The molecule has 3 nitrogen and oxygen atoms in total. The smallest absolute Gasteiger partial charge is 0.0635 e. The van der Waals surface area contributed by atoms with E-state index in [1.54, 1.807) is 0 Å². The zero-order valence-corrected chi connectivity index (χ0v) is 14.6. The van der Waals surface area contributed by atoms with Crippen LogP contribution in [0, 0.1) is 5.41 Å². The number of rotatable bonds is 4. The number of hydrogen-bond donors (Lipinski definition) is 0. The molecule has 3 aliphatic rings. The molecule has 2 saturated heterocycles. The van der Waals surface area contributed by atoms with Gasteiger partial charge in [0.2, 0.25) is 0 Å². The van der Waals surface area contributed by atoms with E-state index in [4.69, 9.17) is 9.73 Å². The Morgan fingerprint density at radius 1 is 1.09 bits per heavy atom. The molecule has 1 aliphatic carbocycles. The summed E-state index contributed by atoms with van der Waals surface area (Å²) in [4.78, 5) is 7.74. The van der Waals surface area contributed by atoms with Gasteiger partial charge in [-0.05, 0) is 65.5 Å². The highest BCUT2D eigenvalue weighted by atomic mass is 16.5. The molecule has 22 heavy (non-hydrogen) atoms. The maximum Gasteiger partial charge on any atom is 0.0635 e. The normalized spacial score (nSPS) is 34.5. The number of likely N-dealkylation sites (tertiary alicyclic amines) is 1. The van der Waals surface area contributed by atoms with Crippen molar-refractivity contribution in [3.05, 3.63) is 0 Å². The van der Waals surface area contributed by atoms with E-state index in [2.05, 4.69) is 25.0 Å². The maximum absolute atomic E-state index is 6.00. The molecule has 0 amide bonds. The van der Waals surface area contributed by atoms with Crippen LogP contribution in [0.2, 0.25) is 0 Å². The van der Waals surface area contributed by atoms with Gasteiger partial charge in [-0.2, -0.15) is 0 Å². The summed E-state index contributed by atoms with van der Waals surface area (Å²) in [7, 11) is 0. The third-order valence-electron chi connectivity index (χ3n) is 5.74. The molecular formula is C19H34N2O. The number of ether oxygens (including phenoxy) is 1. The molecule has 1 saturated carbocycles. The molecule has 0 aromatic rings. The molecular weight excluding hydrogens is 272 g/mol. The fraction of sp³-hybridized carbons (Fsp3) is 0.947. The topological polar surface area (TPSA) is 24.8 Å². The van der Waals surface area contributed by atoms with Gasteiger partial charge in [0.25, 0.3) is 0 Å². The van der Waals surface area contributed by atoms with Gasteiger partial charge in [0.15, 0.2) is 0 Å². The fourth-order valence-electron chi connectivity index (χ4n) is 4.68. The predicted molar refractivity (Wildman–Crippen MR) is 92.7 cm³/mol. The zero-order valence-electron chi connectivity index (χ0n) is 14.6. The molecule has 0 aromatic carbocycles. The van der Waals surface area contributed by atoms with Gasteiger partial charge in [0.05, 0.1) is 5.60 Å². The molecule has 3 fully saturated rings. The van der Waals surface area contributed by atoms with E-state index in [0.29, 0.717) is 6.04 Å². The number of nitrogens with zero attached hydrogens (tertiary/aromatic N) is 2. The average molecular weight is 306 g/mol. The highest BCUT2D eigenvalue weighted by molar-refractivity contribution is 5.67. The molecule has 2 heterocycles. The molecule has 0 aromatic heterocycles. The van der Waals surface area contributed by atoms with Gasteiger partial charge in [0, 0.05) is 30.8 Å². The van der Waals surface area contributed by atoms with E-state index in [0.717, 1.165) is 19.4 Å². The summed E-state index contributed by atoms with van der Waals surface area (Å²) in [6, 6.07) is 0.593. The van der Waals surface area contributed by atoms with Crippen LogP contribution in [0.25, 0.3) is 0 Å². The molecule has 3 heteroatoms. The second kappa shape index (κ2) is 7.00. The first-order valence-electron chi connectivity index (χ1n) is 9.48. The lowest BCUT2D eigenvalue weighted by molar-refractivity contribution is -0.0898. The van der Waals surface area contributed by atoms with Gasteiger partial charge in [-0.25, -0.2) is 0 Å². The van der Waals surface area contributed by atoms with Gasteiger partial charge in [-0.3, -0.25) is 4.99 Å². The van der Waals surface area contributed by atoms with E-state index < -0.39 is 0 Å². The summed E-state index contributed by atoms with van der Waals surface area (Å²) in [5.74, 6) is 0. The van der Waals surface area contributed by atoms with E-state index in [-0.39, 0.29) is 11.0 Å². The Morgan fingerprint density at radius 3 is 2.50 bits per heavy atom. The Labute approximate surface area is 136 Å². The zero-order chi connectivity index (χ0) is 15.5. The average Bonchev–Trinajstić information content (AvgIpc) is 2.98. The Morgan fingerprint density at radius 2 is 1.82 bits per heavy atom. The SMILES string of the molecule is CC1(C)C[C@@](C=NC2CCCCC2)(CN2CCCC2)CCO1. The minimum atomic E-state index is -0.00341. The minimum Gasteiger partial charge on any atom is -0.376 e. The van der Waals surface area contributed by atoms with Crippen molar-refractivity contribution < 1.29 is 4.74 Å². The van der Waals surface area contributed by atoms with Gasteiger partial charge in [-0.1, -0.05) is 19.3 Å². The van der Waals surface area contributed by atoms with Crippen LogP contribution in [0.15, 0.2) is 4.99 Å². The lowest BCUT2D eigenvalue weighted by Crippen LogP contribution is -2.48. The van der Waals surface area contributed by atoms with Crippen LogP contribution >= 0.6 is 0 Å². The Balaban J connectivity index is 1.70. The molecule has 3 rings (SSSR count). The molecule has 0 N–H and O–H groups in total. The van der Waals surface area contributed by atoms with E-state index in [1.165, 1.54) is 64.6 Å². The van der Waals surface area contributed by atoms with Gasteiger partial charge < -0.3 is 9.64 Å². The summed E-state index contributed by atoms with van der Waals surface area (Å²) in [5, 5.41) is 0. The van der Waals surface area contributed by atoms with E-state index >= 15 is 0 Å². The lowest BCUT2D eigenvalue weighted by Gasteiger charge is -2.44. The fourth-order valence-corrected chi connectivity index (χ4v) is 4.68. The second-order valence-corrected chi connectivity index (χ2v) is 8.45. The molecule has 0 spiro atoms. The van der Waals surface area contributed by atoms with Crippen LogP contribution in [0.4, 0.5) is 0 Å². The second-order valence-electron chi connectivity index (χ2n) is 8.45. The van der Waals surface area contributed by atoms with Crippen LogP contribution in [-0.4, -0.2) is 49.0 Å². The Hall–Kier alpha value is -0.410. The van der Waals surface area contributed by atoms with E-state index in [1.807, 2.05) is 0 Å². The minimum absolute atomic E-state index is 0.00341. The van der Waals surface area contributed by atoms with Crippen molar-refractivity contribution in [1.29, 1.82) is 0 Å². The van der Waals surface area contributed by atoms with Gasteiger partial charge >= 0.3 is 0 Å². The number of hydrogen-bond acceptors (Lipinski definition) is 3.